The van der Waals surface area contributed by atoms with E-state index in [1.54, 1.807) is 0 Å². The minimum Gasteiger partial charge on any atom is -0.337 e. The summed E-state index contributed by atoms with van der Waals surface area (Å²) in [4.78, 5) is 11.3. The van der Waals surface area contributed by atoms with Crippen molar-refractivity contribution in [3.8, 4) is 6.07 Å². The lowest BCUT2D eigenvalue weighted by atomic mass is 10.2. The van der Waals surface area contributed by atoms with Gasteiger partial charge in [0.25, 0.3) is 0 Å². The van der Waals surface area contributed by atoms with Gasteiger partial charge in [0.1, 0.15) is 0 Å². The lowest BCUT2D eigenvalue weighted by Gasteiger charge is -2.08. The van der Waals surface area contributed by atoms with Crippen LogP contribution in [0.4, 0.5) is 10.5 Å². The molecule has 78 valence electrons. The largest absolute Gasteiger partial charge is 0.337 e. The molecule has 2 N–H and O–H groups in total. The number of carbonyl (C=O) groups excluding carboxylic acids is 1. The number of carbonyl (C=O) groups is 1. The third-order valence-corrected chi connectivity index (χ3v) is 1.92. The molecule has 0 aliphatic carbocycles. The van der Waals surface area contributed by atoms with Gasteiger partial charge in [0.05, 0.1) is 12.5 Å². The molecule has 15 heavy (non-hydrogen) atoms. The zero-order chi connectivity index (χ0) is 11.1. The number of anilines is 1. The van der Waals surface area contributed by atoms with Crippen LogP contribution in [0, 0.1) is 18.3 Å². The molecule has 1 aromatic carbocycles. The number of hydrogen-bond donors (Lipinski definition) is 2. The topological polar surface area (TPSA) is 64.9 Å². The van der Waals surface area contributed by atoms with Crippen molar-refractivity contribution in [1.29, 1.82) is 5.26 Å². The highest BCUT2D eigenvalue weighted by Crippen LogP contribution is 2.12. The van der Waals surface area contributed by atoms with Crippen LogP contribution < -0.4 is 10.6 Å². The molecule has 0 radical (unpaired) electrons. The Morgan fingerprint density at radius 2 is 2.20 bits per heavy atom. The lowest BCUT2D eigenvalue weighted by Crippen LogP contribution is -2.29. The first kappa shape index (κ1) is 11.1. The number of amides is 2. The van der Waals surface area contributed by atoms with Gasteiger partial charge in [-0.3, -0.25) is 0 Å². The van der Waals surface area contributed by atoms with Gasteiger partial charge >= 0.3 is 6.03 Å². The summed E-state index contributed by atoms with van der Waals surface area (Å²) < 4.78 is 0. The van der Waals surface area contributed by atoms with Crippen LogP contribution >= 0.6 is 0 Å². The van der Waals surface area contributed by atoms with Crippen LogP contribution in [0.2, 0.25) is 0 Å². The van der Waals surface area contributed by atoms with Crippen LogP contribution in [0.3, 0.4) is 0 Å². The third kappa shape index (κ3) is 3.69. The van der Waals surface area contributed by atoms with Crippen molar-refractivity contribution in [2.75, 3.05) is 11.9 Å². The monoisotopic (exact) mass is 203 g/mol. The maximum Gasteiger partial charge on any atom is 0.319 e. The minimum atomic E-state index is -0.278. The summed E-state index contributed by atoms with van der Waals surface area (Å²) in [7, 11) is 0. The fourth-order valence-electron chi connectivity index (χ4n) is 1.11. The van der Waals surface area contributed by atoms with Crippen LogP contribution in [0.1, 0.15) is 12.0 Å². The molecule has 0 atom stereocenters. The Bertz CT molecular complexity index is 382. The number of hydrogen-bond acceptors (Lipinski definition) is 2. The number of nitriles is 1. The van der Waals surface area contributed by atoms with Gasteiger partial charge in [-0.1, -0.05) is 18.2 Å². The van der Waals surface area contributed by atoms with Crippen molar-refractivity contribution >= 4 is 11.7 Å². The summed E-state index contributed by atoms with van der Waals surface area (Å²) in [6.07, 6.45) is 0.321. The van der Waals surface area contributed by atoms with Crippen LogP contribution in [0.5, 0.6) is 0 Å². The van der Waals surface area contributed by atoms with Gasteiger partial charge in [-0.05, 0) is 18.6 Å². The van der Waals surface area contributed by atoms with Crippen molar-refractivity contribution in [2.45, 2.75) is 13.3 Å². The average Bonchev–Trinajstić information content (AvgIpc) is 2.22. The Hall–Kier alpha value is -2.02. The minimum absolute atomic E-state index is 0.278. The highest BCUT2D eigenvalue weighted by Gasteiger charge is 2.01. The summed E-state index contributed by atoms with van der Waals surface area (Å²) in [5.74, 6) is 0. The molecule has 0 heterocycles. The van der Waals surface area contributed by atoms with Crippen LogP contribution in [0.15, 0.2) is 24.3 Å². The van der Waals surface area contributed by atoms with Crippen LogP contribution in [-0.2, 0) is 0 Å². The van der Waals surface area contributed by atoms with E-state index in [0.717, 1.165) is 11.3 Å². The summed E-state index contributed by atoms with van der Waals surface area (Å²) in [6, 6.07) is 9.20. The molecule has 0 saturated heterocycles. The van der Waals surface area contributed by atoms with E-state index in [0.29, 0.717) is 13.0 Å². The number of aryl methyl sites for hydroxylation is 1. The van der Waals surface area contributed by atoms with E-state index in [4.69, 9.17) is 5.26 Å². The van der Waals surface area contributed by atoms with E-state index in [-0.39, 0.29) is 6.03 Å². The molecule has 0 fully saturated rings. The van der Waals surface area contributed by atoms with Crippen molar-refractivity contribution < 1.29 is 4.79 Å². The van der Waals surface area contributed by atoms with Gasteiger partial charge < -0.3 is 10.6 Å². The smallest absolute Gasteiger partial charge is 0.319 e. The normalized spacial score (nSPS) is 9.07. The van der Waals surface area contributed by atoms with Gasteiger partial charge in [-0.15, -0.1) is 0 Å². The molecule has 0 spiro atoms. The van der Waals surface area contributed by atoms with Crippen molar-refractivity contribution in [3.63, 3.8) is 0 Å². The number of benzene rings is 1. The predicted octanol–water partition coefficient (Wildman–Crippen LogP) is 2.03. The van der Waals surface area contributed by atoms with E-state index in [9.17, 15) is 4.79 Å². The first-order valence-electron chi connectivity index (χ1n) is 4.71. The second-order valence-corrected chi connectivity index (χ2v) is 3.10. The molecule has 0 aromatic heterocycles. The Kier molecular flexibility index (Phi) is 4.17. The summed E-state index contributed by atoms with van der Waals surface area (Å²) in [6.45, 7) is 2.29. The fraction of sp³-hybridized carbons (Fsp3) is 0.273. The maximum atomic E-state index is 11.3. The summed E-state index contributed by atoms with van der Waals surface area (Å²) >= 11 is 0. The van der Waals surface area contributed by atoms with Gasteiger partial charge in [-0.25, -0.2) is 4.79 Å². The molecule has 4 heteroatoms. The molecule has 1 aromatic rings. The number of urea groups is 1. The van der Waals surface area contributed by atoms with Crippen LogP contribution in [0.25, 0.3) is 0 Å². The van der Waals surface area contributed by atoms with Gasteiger partial charge in [-0.2, -0.15) is 5.26 Å². The number of para-hydroxylation sites is 1. The quantitative estimate of drug-likeness (QED) is 0.738. The van der Waals surface area contributed by atoms with Gasteiger partial charge in [0.2, 0.25) is 0 Å². The number of rotatable bonds is 3. The average molecular weight is 203 g/mol. The Morgan fingerprint density at radius 1 is 1.47 bits per heavy atom. The molecule has 1 rings (SSSR count). The highest BCUT2D eigenvalue weighted by molar-refractivity contribution is 5.89. The first-order valence-corrected chi connectivity index (χ1v) is 4.71. The predicted molar refractivity (Wildman–Crippen MR) is 58.4 cm³/mol. The summed E-state index contributed by atoms with van der Waals surface area (Å²) in [5, 5.41) is 13.6. The van der Waals surface area contributed by atoms with E-state index in [1.807, 2.05) is 37.3 Å². The van der Waals surface area contributed by atoms with Gasteiger partial charge in [0, 0.05) is 12.2 Å². The zero-order valence-corrected chi connectivity index (χ0v) is 8.58. The third-order valence-electron chi connectivity index (χ3n) is 1.92. The van der Waals surface area contributed by atoms with E-state index in [2.05, 4.69) is 10.6 Å². The maximum absolute atomic E-state index is 11.3. The second kappa shape index (κ2) is 5.66. The standard InChI is InChI=1S/C11H13N3O/c1-9-5-2-3-6-10(9)14-11(15)13-8-4-7-12/h2-3,5-6H,4,8H2,1H3,(H2,13,14,15). The molecule has 0 aliphatic rings. The highest BCUT2D eigenvalue weighted by atomic mass is 16.2. The van der Waals surface area contributed by atoms with Gasteiger partial charge in [0.15, 0.2) is 0 Å². The Labute approximate surface area is 88.9 Å². The fourth-order valence-corrected chi connectivity index (χ4v) is 1.11. The van der Waals surface area contributed by atoms with E-state index >= 15 is 0 Å². The molecule has 0 bridgehead atoms. The molecular formula is C11H13N3O. The molecule has 0 unspecified atom stereocenters. The molecule has 2 amide bonds. The first-order chi connectivity index (χ1) is 7.24. The van der Waals surface area contributed by atoms with Crippen molar-refractivity contribution in [1.82, 2.24) is 5.32 Å². The van der Waals surface area contributed by atoms with Crippen molar-refractivity contribution in [2.24, 2.45) is 0 Å². The summed E-state index contributed by atoms with van der Waals surface area (Å²) in [5.41, 5.74) is 1.79. The lowest BCUT2D eigenvalue weighted by molar-refractivity contribution is 0.252. The zero-order valence-electron chi connectivity index (χ0n) is 8.58. The number of nitrogens with zero attached hydrogens (tertiary/aromatic N) is 1. The molecule has 0 aliphatic heterocycles. The molecular weight excluding hydrogens is 190 g/mol. The number of nitrogens with one attached hydrogen (secondary N) is 2. The van der Waals surface area contributed by atoms with Crippen molar-refractivity contribution in [3.05, 3.63) is 29.8 Å². The Balaban J connectivity index is 2.45. The molecule has 0 saturated carbocycles. The molecule has 4 nitrogen and oxygen atoms in total. The van der Waals surface area contributed by atoms with Crippen LogP contribution in [-0.4, -0.2) is 12.6 Å². The van der Waals surface area contributed by atoms with E-state index < -0.39 is 0 Å². The SMILES string of the molecule is Cc1ccccc1NC(=O)NCCC#N. The van der Waals surface area contributed by atoms with E-state index in [1.165, 1.54) is 0 Å². The second-order valence-electron chi connectivity index (χ2n) is 3.10. The Morgan fingerprint density at radius 3 is 2.87 bits per heavy atom.